The minimum Gasteiger partial charge on any atom is -0.392 e. The van der Waals surface area contributed by atoms with E-state index in [1.165, 1.54) is 51.7 Å². The van der Waals surface area contributed by atoms with Crippen LogP contribution >= 0.6 is 0 Å². The molecule has 0 saturated heterocycles. The summed E-state index contributed by atoms with van der Waals surface area (Å²) in [6, 6.07) is 0. The molecule has 0 aromatic rings. The lowest BCUT2D eigenvalue weighted by Gasteiger charge is -2.20. The first-order valence-electron chi connectivity index (χ1n) is 12.8. The first-order valence-corrected chi connectivity index (χ1v) is 12.8. The minimum absolute atomic E-state index is 0.127. The monoisotopic (exact) mass is 429 g/mol. The molecule has 2 rings (SSSR count). The van der Waals surface area contributed by atoms with E-state index in [0.29, 0.717) is 18.3 Å². The van der Waals surface area contributed by atoms with E-state index in [1.807, 2.05) is 19.9 Å². The van der Waals surface area contributed by atoms with Crippen molar-refractivity contribution in [1.82, 2.24) is 4.90 Å². The number of aliphatic hydroxyl groups is 2. The quantitative estimate of drug-likeness (QED) is 0.228. The van der Waals surface area contributed by atoms with Gasteiger partial charge in [-0.1, -0.05) is 44.6 Å². The number of nitrogens with zero attached hydrogens (tertiary/aromatic N) is 1. The fraction of sp³-hybridized carbons (Fsp3) is 0.786. The Bertz CT molecular complexity index is 623. The van der Waals surface area contributed by atoms with Crippen molar-refractivity contribution in [1.29, 1.82) is 0 Å². The molecule has 6 atom stereocenters. The van der Waals surface area contributed by atoms with Crippen LogP contribution < -0.4 is 0 Å². The molecule has 0 unspecified atom stereocenters. The van der Waals surface area contributed by atoms with E-state index in [2.05, 4.69) is 42.7 Å². The molecule has 0 aromatic heterocycles. The summed E-state index contributed by atoms with van der Waals surface area (Å²) in [6.07, 6.45) is 15.9. The van der Waals surface area contributed by atoms with Gasteiger partial charge in [-0.25, -0.2) is 0 Å². The van der Waals surface area contributed by atoms with Crippen molar-refractivity contribution in [2.45, 2.75) is 97.7 Å². The Kier molecular flexibility index (Phi) is 11.9. The van der Waals surface area contributed by atoms with Gasteiger partial charge in [0.2, 0.25) is 0 Å². The number of unbranched alkanes of at least 4 members (excludes halogenated alkanes) is 2. The molecule has 0 aromatic carbocycles. The molecule has 2 aliphatic rings. The highest BCUT2D eigenvalue weighted by atomic mass is 16.3. The van der Waals surface area contributed by atoms with Crippen molar-refractivity contribution in [3.05, 3.63) is 23.8 Å². The Labute approximate surface area is 192 Å². The van der Waals surface area contributed by atoms with E-state index >= 15 is 0 Å². The van der Waals surface area contributed by atoms with Crippen LogP contribution in [0.15, 0.2) is 23.8 Å². The van der Waals surface area contributed by atoms with Crippen molar-refractivity contribution in [3.8, 4) is 11.8 Å². The summed E-state index contributed by atoms with van der Waals surface area (Å²) in [7, 11) is 0. The van der Waals surface area contributed by atoms with Gasteiger partial charge >= 0.3 is 0 Å². The van der Waals surface area contributed by atoms with E-state index in [4.69, 9.17) is 0 Å². The molecule has 3 heteroatoms. The molecular weight excluding hydrogens is 382 g/mol. The number of rotatable bonds is 13. The van der Waals surface area contributed by atoms with E-state index < -0.39 is 6.10 Å². The third kappa shape index (κ3) is 8.41. The maximum Gasteiger partial charge on any atom is 0.0755 e. The molecule has 0 radical (unpaired) electrons. The van der Waals surface area contributed by atoms with Gasteiger partial charge in [0.05, 0.1) is 12.2 Å². The van der Waals surface area contributed by atoms with Gasteiger partial charge in [-0.2, -0.15) is 0 Å². The van der Waals surface area contributed by atoms with Gasteiger partial charge in [0.1, 0.15) is 0 Å². The van der Waals surface area contributed by atoms with Gasteiger partial charge in [0.15, 0.2) is 0 Å². The highest BCUT2D eigenvalue weighted by Gasteiger charge is 2.44. The lowest BCUT2D eigenvalue weighted by atomic mass is 9.89. The van der Waals surface area contributed by atoms with E-state index in [9.17, 15) is 10.2 Å². The summed E-state index contributed by atoms with van der Waals surface area (Å²) < 4.78 is 0. The normalized spacial score (nSPS) is 28.8. The summed E-state index contributed by atoms with van der Waals surface area (Å²) in [5, 5.41) is 21.0. The standard InChI is InChI=1S/C28H47NO2/c1-5-8-12-22(4)27(30)15-14-25-26-20-23(19-24(26)21-28(25)31)13-10-9-11-18-29(16-6-2)17-7-3/h13-15,22,24-28,30-31H,6-7,9-12,16-21H2,1-4H3/b15-14+,23-13+/t22-,24+,25-,26+,27-,28-/m1/s1. The van der Waals surface area contributed by atoms with Gasteiger partial charge in [0.25, 0.3) is 0 Å². The number of hydrogen-bond acceptors (Lipinski definition) is 3. The molecule has 176 valence electrons. The zero-order valence-electron chi connectivity index (χ0n) is 20.5. The minimum atomic E-state index is -0.483. The van der Waals surface area contributed by atoms with Crippen LogP contribution in [0.2, 0.25) is 0 Å². The molecule has 2 aliphatic carbocycles. The number of hydrogen-bond donors (Lipinski definition) is 2. The molecule has 2 N–H and O–H groups in total. The van der Waals surface area contributed by atoms with Crippen molar-refractivity contribution in [2.75, 3.05) is 19.6 Å². The first kappa shape index (κ1) is 26.2. The maximum absolute atomic E-state index is 10.6. The van der Waals surface area contributed by atoms with Gasteiger partial charge in [-0.15, -0.1) is 11.8 Å². The van der Waals surface area contributed by atoms with Crippen LogP contribution in [-0.4, -0.2) is 47.0 Å². The van der Waals surface area contributed by atoms with Crippen LogP contribution in [0.3, 0.4) is 0 Å². The van der Waals surface area contributed by atoms with E-state index in [-0.39, 0.29) is 17.9 Å². The van der Waals surface area contributed by atoms with E-state index in [1.54, 1.807) is 5.57 Å². The zero-order valence-corrected chi connectivity index (χ0v) is 20.5. The summed E-state index contributed by atoms with van der Waals surface area (Å²) >= 11 is 0. The molecule has 2 fully saturated rings. The second kappa shape index (κ2) is 14.1. The largest absolute Gasteiger partial charge is 0.392 e. The van der Waals surface area contributed by atoms with Crippen molar-refractivity contribution >= 4 is 0 Å². The molecular formula is C28H47NO2. The molecule has 0 bridgehead atoms. The first-order chi connectivity index (χ1) is 15.0. The summed E-state index contributed by atoms with van der Waals surface area (Å²) in [6.45, 7) is 12.1. The third-order valence-corrected chi connectivity index (χ3v) is 7.27. The Morgan fingerprint density at radius 3 is 2.55 bits per heavy atom. The van der Waals surface area contributed by atoms with Gasteiger partial charge in [-0.05, 0) is 95.7 Å². The maximum atomic E-state index is 10.6. The van der Waals surface area contributed by atoms with E-state index in [0.717, 1.165) is 19.3 Å². The van der Waals surface area contributed by atoms with Crippen LogP contribution in [0.4, 0.5) is 0 Å². The fourth-order valence-corrected chi connectivity index (χ4v) is 5.51. The molecule has 2 saturated carbocycles. The fourth-order valence-electron chi connectivity index (χ4n) is 5.51. The summed E-state index contributed by atoms with van der Waals surface area (Å²) in [4.78, 5) is 2.61. The van der Waals surface area contributed by atoms with Crippen LogP contribution in [0.5, 0.6) is 0 Å². The predicted octanol–water partition coefficient (Wildman–Crippen LogP) is 5.58. The lowest BCUT2D eigenvalue weighted by molar-refractivity contribution is 0.137. The van der Waals surface area contributed by atoms with Gasteiger partial charge in [0, 0.05) is 12.3 Å². The smallest absolute Gasteiger partial charge is 0.0755 e. The van der Waals surface area contributed by atoms with Crippen molar-refractivity contribution in [2.24, 2.45) is 23.7 Å². The average Bonchev–Trinajstić information content (AvgIpc) is 3.26. The highest BCUT2D eigenvalue weighted by Crippen LogP contribution is 2.50. The van der Waals surface area contributed by atoms with Gasteiger partial charge in [-0.3, -0.25) is 0 Å². The number of aliphatic hydroxyl groups excluding tert-OH is 2. The van der Waals surface area contributed by atoms with Crippen molar-refractivity contribution < 1.29 is 10.2 Å². The van der Waals surface area contributed by atoms with Crippen LogP contribution in [0.25, 0.3) is 0 Å². The molecule has 3 nitrogen and oxygen atoms in total. The topological polar surface area (TPSA) is 43.7 Å². The number of fused-ring (bicyclic) bond motifs is 1. The Hall–Kier alpha value is -1.08. The Morgan fingerprint density at radius 1 is 1.13 bits per heavy atom. The highest BCUT2D eigenvalue weighted by molar-refractivity contribution is 5.18. The number of allylic oxidation sites excluding steroid dienone is 2. The second-order valence-corrected chi connectivity index (χ2v) is 9.90. The second-order valence-electron chi connectivity index (χ2n) is 9.90. The SMILES string of the molecule is CC#CC[C@@H](C)[C@H](O)/C=C/[C@@H]1[C@H]2C/C(=C/CCCCN(CCC)CCC)C[C@H]2C[C@H]1O. The van der Waals surface area contributed by atoms with Crippen LogP contribution in [-0.2, 0) is 0 Å². The molecule has 31 heavy (non-hydrogen) atoms. The molecule has 0 heterocycles. The molecule has 0 amide bonds. The lowest BCUT2D eigenvalue weighted by Crippen LogP contribution is -2.26. The Balaban J connectivity index is 1.78. The van der Waals surface area contributed by atoms with Gasteiger partial charge < -0.3 is 15.1 Å². The Morgan fingerprint density at radius 2 is 1.87 bits per heavy atom. The summed E-state index contributed by atoms with van der Waals surface area (Å²) in [5.41, 5.74) is 1.60. The van der Waals surface area contributed by atoms with Crippen LogP contribution in [0, 0.1) is 35.5 Å². The van der Waals surface area contributed by atoms with Crippen molar-refractivity contribution in [3.63, 3.8) is 0 Å². The average molecular weight is 430 g/mol. The zero-order chi connectivity index (χ0) is 22.6. The summed E-state index contributed by atoms with van der Waals surface area (Å²) in [5.74, 6) is 7.42. The third-order valence-electron chi connectivity index (χ3n) is 7.27. The van der Waals surface area contributed by atoms with Crippen LogP contribution in [0.1, 0.15) is 85.5 Å². The molecule has 0 spiro atoms. The molecule has 0 aliphatic heterocycles. The predicted molar refractivity (Wildman–Crippen MR) is 132 cm³/mol.